The summed E-state index contributed by atoms with van der Waals surface area (Å²) in [5.74, 6) is 0.968. The highest BCUT2D eigenvalue weighted by Gasteiger charge is 2.26. The summed E-state index contributed by atoms with van der Waals surface area (Å²) in [5.41, 5.74) is 2.37. The molecular weight excluding hydrogens is 224 g/mol. The minimum absolute atomic E-state index is 0.525. The second-order valence-electron chi connectivity index (χ2n) is 4.97. The van der Waals surface area contributed by atoms with Crippen LogP contribution in [-0.4, -0.2) is 16.6 Å². The number of hydrogen-bond donors (Lipinski definition) is 0. The van der Waals surface area contributed by atoms with Crippen molar-refractivity contribution in [2.45, 2.75) is 32.4 Å². The van der Waals surface area contributed by atoms with Gasteiger partial charge in [-0.1, -0.05) is 35.5 Å². The van der Waals surface area contributed by atoms with Gasteiger partial charge in [0.15, 0.2) is 5.76 Å². The summed E-state index contributed by atoms with van der Waals surface area (Å²) in [7, 11) is 0. The van der Waals surface area contributed by atoms with Crippen LogP contribution in [0.15, 0.2) is 40.9 Å². The first-order chi connectivity index (χ1) is 8.83. The van der Waals surface area contributed by atoms with Crippen LogP contribution in [0.5, 0.6) is 0 Å². The fourth-order valence-electron chi connectivity index (χ4n) is 2.76. The van der Waals surface area contributed by atoms with Gasteiger partial charge in [0, 0.05) is 12.1 Å². The molecule has 0 N–H and O–H groups in total. The van der Waals surface area contributed by atoms with Gasteiger partial charge in [0.1, 0.15) is 0 Å². The van der Waals surface area contributed by atoms with Gasteiger partial charge in [-0.15, -0.1) is 0 Å². The number of aryl methyl sites for hydroxylation is 1. The molecule has 2 heterocycles. The number of aromatic nitrogens is 1. The summed E-state index contributed by atoms with van der Waals surface area (Å²) < 4.78 is 5.32. The molecule has 94 valence electrons. The van der Waals surface area contributed by atoms with Crippen molar-refractivity contribution in [3.8, 4) is 0 Å². The zero-order chi connectivity index (χ0) is 12.4. The molecule has 0 amide bonds. The molecule has 3 rings (SSSR count). The third kappa shape index (κ3) is 2.31. The highest BCUT2D eigenvalue weighted by molar-refractivity contribution is 5.20. The molecule has 3 heteroatoms. The lowest BCUT2D eigenvalue weighted by molar-refractivity contribution is 0.216. The molecule has 1 aliphatic rings. The Balaban J connectivity index is 1.75. The van der Waals surface area contributed by atoms with Crippen molar-refractivity contribution in [1.29, 1.82) is 0 Å². The molecule has 2 aromatic rings. The van der Waals surface area contributed by atoms with E-state index < -0.39 is 0 Å². The quantitative estimate of drug-likeness (QED) is 0.826. The third-order valence-electron chi connectivity index (χ3n) is 3.58. The van der Waals surface area contributed by atoms with Crippen LogP contribution in [0.4, 0.5) is 0 Å². The minimum Gasteiger partial charge on any atom is -0.360 e. The molecule has 0 radical (unpaired) electrons. The molecule has 1 fully saturated rings. The summed E-state index contributed by atoms with van der Waals surface area (Å²) in [5, 5.41) is 3.95. The fourth-order valence-corrected chi connectivity index (χ4v) is 2.76. The summed E-state index contributed by atoms with van der Waals surface area (Å²) >= 11 is 0. The first-order valence-corrected chi connectivity index (χ1v) is 6.54. The Morgan fingerprint density at radius 1 is 1.33 bits per heavy atom. The summed E-state index contributed by atoms with van der Waals surface area (Å²) in [6.45, 7) is 3.96. The maximum atomic E-state index is 5.32. The number of rotatable bonds is 3. The zero-order valence-corrected chi connectivity index (χ0v) is 10.7. The summed E-state index contributed by atoms with van der Waals surface area (Å²) in [6, 6.07) is 13.3. The van der Waals surface area contributed by atoms with Crippen LogP contribution in [0.3, 0.4) is 0 Å². The van der Waals surface area contributed by atoms with E-state index in [1.54, 1.807) is 0 Å². The second-order valence-corrected chi connectivity index (χ2v) is 4.97. The summed E-state index contributed by atoms with van der Waals surface area (Å²) in [6.07, 6.45) is 2.49. The molecule has 0 aliphatic carbocycles. The van der Waals surface area contributed by atoms with Crippen molar-refractivity contribution in [2.24, 2.45) is 0 Å². The zero-order valence-electron chi connectivity index (χ0n) is 10.7. The smallest absolute Gasteiger partial charge is 0.150 e. The van der Waals surface area contributed by atoms with Gasteiger partial charge in [-0.25, -0.2) is 0 Å². The Hall–Kier alpha value is -1.61. The van der Waals surface area contributed by atoms with Crippen molar-refractivity contribution >= 4 is 0 Å². The van der Waals surface area contributed by atoms with E-state index in [4.69, 9.17) is 4.52 Å². The Bertz CT molecular complexity index is 506. The van der Waals surface area contributed by atoms with Gasteiger partial charge in [-0.3, -0.25) is 4.90 Å². The predicted molar refractivity (Wildman–Crippen MR) is 70.1 cm³/mol. The molecule has 0 saturated carbocycles. The average Bonchev–Trinajstić information content (AvgIpc) is 3.00. The Morgan fingerprint density at radius 2 is 2.17 bits per heavy atom. The van der Waals surface area contributed by atoms with Gasteiger partial charge in [-0.05, 0) is 31.9 Å². The van der Waals surface area contributed by atoms with Gasteiger partial charge in [0.25, 0.3) is 0 Å². The molecule has 1 aromatic carbocycles. The second kappa shape index (κ2) is 4.94. The van der Waals surface area contributed by atoms with Crippen LogP contribution in [-0.2, 0) is 6.54 Å². The van der Waals surface area contributed by atoms with Crippen LogP contribution >= 0.6 is 0 Å². The van der Waals surface area contributed by atoms with E-state index >= 15 is 0 Å². The normalized spacial score (nSPS) is 20.4. The van der Waals surface area contributed by atoms with Gasteiger partial charge in [0.2, 0.25) is 0 Å². The van der Waals surface area contributed by atoms with E-state index in [1.807, 2.05) is 13.0 Å². The van der Waals surface area contributed by atoms with E-state index in [-0.39, 0.29) is 0 Å². The predicted octanol–water partition coefficient (Wildman–Crippen LogP) is 3.32. The minimum atomic E-state index is 0.525. The first kappa shape index (κ1) is 11.5. The van der Waals surface area contributed by atoms with Crippen molar-refractivity contribution in [3.05, 3.63) is 53.4 Å². The number of nitrogens with zero attached hydrogens (tertiary/aromatic N) is 2. The molecular formula is C15H18N2O. The van der Waals surface area contributed by atoms with E-state index in [1.165, 1.54) is 18.4 Å². The Morgan fingerprint density at radius 3 is 2.89 bits per heavy atom. The van der Waals surface area contributed by atoms with Gasteiger partial charge in [0.05, 0.1) is 12.2 Å². The van der Waals surface area contributed by atoms with E-state index in [9.17, 15) is 0 Å². The molecule has 1 aromatic heterocycles. The molecule has 3 nitrogen and oxygen atoms in total. The fraction of sp³-hybridized carbons (Fsp3) is 0.400. The molecule has 1 saturated heterocycles. The Kier molecular flexibility index (Phi) is 3.15. The highest BCUT2D eigenvalue weighted by Crippen LogP contribution is 2.32. The first-order valence-electron chi connectivity index (χ1n) is 6.54. The average molecular weight is 242 g/mol. The van der Waals surface area contributed by atoms with E-state index in [0.717, 1.165) is 24.5 Å². The van der Waals surface area contributed by atoms with Gasteiger partial charge >= 0.3 is 0 Å². The Labute approximate surface area is 107 Å². The number of hydrogen-bond acceptors (Lipinski definition) is 3. The number of likely N-dealkylation sites (tertiary alicyclic amines) is 1. The molecule has 1 aliphatic heterocycles. The van der Waals surface area contributed by atoms with E-state index in [2.05, 4.69) is 40.4 Å². The van der Waals surface area contributed by atoms with Crippen LogP contribution in [0.2, 0.25) is 0 Å². The topological polar surface area (TPSA) is 29.3 Å². The van der Waals surface area contributed by atoms with E-state index in [0.29, 0.717) is 6.04 Å². The van der Waals surface area contributed by atoms with Crippen molar-refractivity contribution in [3.63, 3.8) is 0 Å². The molecule has 1 unspecified atom stereocenters. The lowest BCUT2D eigenvalue weighted by Crippen LogP contribution is -2.22. The van der Waals surface area contributed by atoms with Crippen molar-refractivity contribution in [2.75, 3.05) is 6.54 Å². The summed E-state index contributed by atoms with van der Waals surface area (Å²) in [4.78, 5) is 2.48. The van der Waals surface area contributed by atoms with Crippen LogP contribution in [0.25, 0.3) is 0 Å². The largest absolute Gasteiger partial charge is 0.360 e. The highest BCUT2D eigenvalue weighted by atomic mass is 16.5. The SMILES string of the molecule is Cc1cc(CN2CCCC2c2ccccc2)on1. The van der Waals surface area contributed by atoms with Crippen molar-refractivity contribution in [1.82, 2.24) is 10.1 Å². The van der Waals surface area contributed by atoms with Crippen LogP contribution < -0.4 is 0 Å². The molecule has 1 atom stereocenters. The maximum absolute atomic E-state index is 5.32. The lowest BCUT2D eigenvalue weighted by atomic mass is 10.0. The van der Waals surface area contributed by atoms with Crippen LogP contribution in [0.1, 0.15) is 35.9 Å². The van der Waals surface area contributed by atoms with Crippen LogP contribution in [0, 0.1) is 6.92 Å². The lowest BCUT2D eigenvalue weighted by Gasteiger charge is -2.23. The third-order valence-corrected chi connectivity index (χ3v) is 3.58. The van der Waals surface area contributed by atoms with Gasteiger partial charge in [-0.2, -0.15) is 0 Å². The number of benzene rings is 1. The molecule has 0 bridgehead atoms. The standard InChI is InChI=1S/C15H18N2O/c1-12-10-14(18-16-12)11-17-9-5-8-15(17)13-6-3-2-4-7-13/h2-4,6-7,10,15H,5,8-9,11H2,1H3. The van der Waals surface area contributed by atoms with Crippen molar-refractivity contribution < 1.29 is 4.52 Å². The monoisotopic (exact) mass is 242 g/mol. The van der Waals surface area contributed by atoms with Gasteiger partial charge < -0.3 is 4.52 Å². The molecule has 0 spiro atoms. The molecule has 18 heavy (non-hydrogen) atoms. The maximum Gasteiger partial charge on any atom is 0.150 e.